The fraction of sp³-hybridized carbons (Fsp3) is 0.692. The SMILES string of the molecule is CCCc1cc(NC)nc(C2CCC(C)O2)n1. The molecule has 0 aromatic carbocycles. The number of ether oxygens (including phenoxy) is 1. The van der Waals surface area contributed by atoms with E-state index in [0.29, 0.717) is 6.10 Å². The van der Waals surface area contributed by atoms with Crippen LogP contribution in [0.4, 0.5) is 5.82 Å². The molecule has 0 saturated carbocycles. The monoisotopic (exact) mass is 235 g/mol. The molecule has 0 radical (unpaired) electrons. The first kappa shape index (κ1) is 12.3. The van der Waals surface area contributed by atoms with Crippen LogP contribution in [0.3, 0.4) is 0 Å². The summed E-state index contributed by atoms with van der Waals surface area (Å²) in [6.07, 6.45) is 4.62. The number of aryl methyl sites for hydroxylation is 1. The highest BCUT2D eigenvalue weighted by Gasteiger charge is 2.26. The molecule has 1 saturated heterocycles. The minimum absolute atomic E-state index is 0.0777. The second-order valence-electron chi connectivity index (χ2n) is 4.62. The molecule has 94 valence electrons. The average Bonchev–Trinajstić information content (AvgIpc) is 2.76. The maximum atomic E-state index is 5.83. The van der Waals surface area contributed by atoms with Gasteiger partial charge in [-0.1, -0.05) is 13.3 Å². The molecule has 4 nitrogen and oxygen atoms in total. The van der Waals surface area contributed by atoms with Gasteiger partial charge in [-0.2, -0.15) is 0 Å². The number of nitrogens with zero attached hydrogens (tertiary/aromatic N) is 2. The van der Waals surface area contributed by atoms with Crippen molar-refractivity contribution in [2.75, 3.05) is 12.4 Å². The predicted octanol–water partition coefficient (Wildman–Crippen LogP) is 2.71. The molecule has 1 aromatic heterocycles. The van der Waals surface area contributed by atoms with Crippen LogP contribution < -0.4 is 5.32 Å². The van der Waals surface area contributed by atoms with Crippen molar-refractivity contribution in [2.45, 2.75) is 51.7 Å². The fourth-order valence-corrected chi connectivity index (χ4v) is 2.17. The Morgan fingerprint density at radius 1 is 1.41 bits per heavy atom. The Hall–Kier alpha value is -1.16. The van der Waals surface area contributed by atoms with Gasteiger partial charge in [0.15, 0.2) is 5.82 Å². The summed E-state index contributed by atoms with van der Waals surface area (Å²) >= 11 is 0. The Bertz CT molecular complexity index is 381. The summed E-state index contributed by atoms with van der Waals surface area (Å²) in [5.74, 6) is 1.73. The molecule has 17 heavy (non-hydrogen) atoms. The average molecular weight is 235 g/mol. The lowest BCUT2D eigenvalue weighted by molar-refractivity contribution is 0.0502. The quantitative estimate of drug-likeness (QED) is 0.871. The molecular formula is C13H21N3O. The molecule has 4 heteroatoms. The van der Waals surface area contributed by atoms with Gasteiger partial charge in [0.05, 0.1) is 6.10 Å². The van der Waals surface area contributed by atoms with E-state index in [-0.39, 0.29) is 6.10 Å². The van der Waals surface area contributed by atoms with E-state index in [1.807, 2.05) is 13.1 Å². The smallest absolute Gasteiger partial charge is 0.159 e. The first-order chi connectivity index (χ1) is 8.22. The first-order valence-electron chi connectivity index (χ1n) is 6.44. The van der Waals surface area contributed by atoms with Gasteiger partial charge in [0.25, 0.3) is 0 Å². The zero-order valence-electron chi connectivity index (χ0n) is 10.9. The molecule has 0 amide bonds. The van der Waals surface area contributed by atoms with E-state index < -0.39 is 0 Å². The number of rotatable bonds is 4. The molecule has 0 spiro atoms. The van der Waals surface area contributed by atoms with Crippen molar-refractivity contribution >= 4 is 5.82 Å². The molecule has 2 heterocycles. The maximum absolute atomic E-state index is 5.83. The maximum Gasteiger partial charge on any atom is 0.159 e. The summed E-state index contributed by atoms with van der Waals surface area (Å²) in [7, 11) is 1.89. The molecule has 1 aliphatic heterocycles. The van der Waals surface area contributed by atoms with E-state index in [0.717, 1.165) is 43.0 Å². The molecular weight excluding hydrogens is 214 g/mol. The van der Waals surface area contributed by atoms with Crippen molar-refractivity contribution in [2.24, 2.45) is 0 Å². The Morgan fingerprint density at radius 2 is 2.24 bits per heavy atom. The largest absolute Gasteiger partial charge is 0.373 e. The highest BCUT2D eigenvalue weighted by atomic mass is 16.5. The van der Waals surface area contributed by atoms with E-state index >= 15 is 0 Å². The second kappa shape index (κ2) is 5.45. The third kappa shape index (κ3) is 2.94. The molecule has 0 aliphatic carbocycles. The van der Waals surface area contributed by atoms with Gasteiger partial charge in [-0.25, -0.2) is 9.97 Å². The van der Waals surface area contributed by atoms with Gasteiger partial charge in [0.1, 0.15) is 11.9 Å². The first-order valence-corrected chi connectivity index (χ1v) is 6.44. The van der Waals surface area contributed by atoms with Crippen LogP contribution in [0.15, 0.2) is 6.07 Å². The highest BCUT2D eigenvalue weighted by molar-refractivity contribution is 5.35. The predicted molar refractivity (Wildman–Crippen MR) is 68.1 cm³/mol. The molecule has 1 aromatic rings. The summed E-state index contributed by atoms with van der Waals surface area (Å²) < 4.78 is 5.83. The summed E-state index contributed by atoms with van der Waals surface area (Å²) in [6.45, 7) is 4.27. The molecule has 2 atom stereocenters. The van der Waals surface area contributed by atoms with Crippen LogP contribution in [0.2, 0.25) is 0 Å². The summed E-state index contributed by atoms with van der Waals surface area (Å²) in [4.78, 5) is 9.11. The van der Waals surface area contributed by atoms with Crippen LogP contribution >= 0.6 is 0 Å². The van der Waals surface area contributed by atoms with E-state index in [1.54, 1.807) is 0 Å². The van der Waals surface area contributed by atoms with Crippen LogP contribution in [0.5, 0.6) is 0 Å². The van der Waals surface area contributed by atoms with Gasteiger partial charge < -0.3 is 10.1 Å². The Labute approximate surface area is 103 Å². The summed E-state index contributed by atoms with van der Waals surface area (Å²) in [5, 5.41) is 3.09. The van der Waals surface area contributed by atoms with Crippen LogP contribution in [-0.2, 0) is 11.2 Å². The minimum Gasteiger partial charge on any atom is -0.373 e. The van der Waals surface area contributed by atoms with Crippen molar-refractivity contribution in [3.63, 3.8) is 0 Å². The van der Waals surface area contributed by atoms with E-state index in [9.17, 15) is 0 Å². The number of hydrogen-bond acceptors (Lipinski definition) is 4. The zero-order valence-corrected chi connectivity index (χ0v) is 10.9. The van der Waals surface area contributed by atoms with Gasteiger partial charge in [0.2, 0.25) is 0 Å². The number of aromatic nitrogens is 2. The lowest BCUT2D eigenvalue weighted by Gasteiger charge is -2.12. The molecule has 2 unspecified atom stereocenters. The molecule has 1 N–H and O–H groups in total. The van der Waals surface area contributed by atoms with Gasteiger partial charge in [0, 0.05) is 18.8 Å². The van der Waals surface area contributed by atoms with Crippen molar-refractivity contribution in [1.82, 2.24) is 9.97 Å². The number of hydrogen-bond donors (Lipinski definition) is 1. The molecule has 1 fully saturated rings. The molecule has 2 rings (SSSR count). The van der Waals surface area contributed by atoms with Crippen LogP contribution in [0.1, 0.15) is 50.7 Å². The minimum atomic E-state index is 0.0777. The molecule has 1 aliphatic rings. The van der Waals surface area contributed by atoms with E-state index in [2.05, 4.69) is 29.1 Å². The summed E-state index contributed by atoms with van der Waals surface area (Å²) in [6, 6.07) is 2.02. The Morgan fingerprint density at radius 3 is 2.82 bits per heavy atom. The van der Waals surface area contributed by atoms with Crippen LogP contribution in [-0.4, -0.2) is 23.1 Å². The van der Waals surface area contributed by atoms with Crippen LogP contribution in [0.25, 0.3) is 0 Å². The van der Waals surface area contributed by atoms with Gasteiger partial charge in [-0.05, 0) is 26.2 Å². The lowest BCUT2D eigenvalue weighted by Crippen LogP contribution is -2.09. The summed E-state index contributed by atoms with van der Waals surface area (Å²) in [5.41, 5.74) is 1.10. The topological polar surface area (TPSA) is 47.0 Å². The van der Waals surface area contributed by atoms with Crippen molar-refractivity contribution in [1.29, 1.82) is 0 Å². The zero-order chi connectivity index (χ0) is 12.3. The van der Waals surface area contributed by atoms with Gasteiger partial charge in [-0.15, -0.1) is 0 Å². The molecule has 0 bridgehead atoms. The van der Waals surface area contributed by atoms with Gasteiger partial charge >= 0.3 is 0 Å². The van der Waals surface area contributed by atoms with E-state index in [4.69, 9.17) is 4.74 Å². The van der Waals surface area contributed by atoms with Crippen LogP contribution in [0, 0.1) is 0 Å². The second-order valence-corrected chi connectivity index (χ2v) is 4.62. The Balaban J connectivity index is 2.23. The standard InChI is InChI=1S/C13H21N3O/c1-4-5-10-8-12(14-3)16-13(15-10)11-7-6-9(2)17-11/h8-9,11H,4-7H2,1-3H3,(H,14,15,16). The lowest BCUT2D eigenvalue weighted by atomic mass is 10.2. The van der Waals surface area contributed by atoms with Gasteiger partial charge in [-0.3, -0.25) is 0 Å². The number of nitrogens with one attached hydrogen (secondary N) is 1. The highest BCUT2D eigenvalue weighted by Crippen LogP contribution is 2.31. The van der Waals surface area contributed by atoms with Crippen molar-refractivity contribution in [3.8, 4) is 0 Å². The number of anilines is 1. The fourth-order valence-electron chi connectivity index (χ4n) is 2.17. The van der Waals surface area contributed by atoms with Crippen molar-refractivity contribution in [3.05, 3.63) is 17.6 Å². The third-order valence-corrected chi connectivity index (χ3v) is 3.08. The van der Waals surface area contributed by atoms with E-state index in [1.165, 1.54) is 0 Å². The normalized spacial score (nSPS) is 23.9. The Kier molecular flexibility index (Phi) is 3.94. The third-order valence-electron chi connectivity index (χ3n) is 3.08. The van der Waals surface area contributed by atoms with Crippen molar-refractivity contribution < 1.29 is 4.74 Å².